The van der Waals surface area contributed by atoms with Gasteiger partial charge in [0.2, 0.25) is 0 Å². The molecule has 0 bridgehead atoms. The Hall–Kier alpha value is -1.14. The molecule has 0 aromatic rings. The Morgan fingerprint density at radius 1 is 1.24 bits per heavy atom. The van der Waals surface area contributed by atoms with Gasteiger partial charge in [0.25, 0.3) is 0 Å². The second-order valence-corrected chi connectivity index (χ2v) is 4.35. The third-order valence-electron chi connectivity index (χ3n) is 2.92. The molecule has 1 aliphatic rings. The Morgan fingerprint density at radius 2 is 2.00 bits per heavy atom. The number of hydrogen-bond donors (Lipinski definition) is 3. The molecule has 17 heavy (non-hydrogen) atoms. The van der Waals surface area contributed by atoms with Gasteiger partial charge in [-0.15, -0.1) is 0 Å². The summed E-state index contributed by atoms with van der Waals surface area (Å²) in [5, 5.41) is 20.3. The standard InChI is InChI=1S/C11H20N2O4/c14-10(15)4-2-1-3-6-13-7-5-12-9(8-13)11(16)17/h9,12H,1-8H2,(H,14,15)(H,16,17). The lowest BCUT2D eigenvalue weighted by molar-refractivity contribution is -0.141. The van der Waals surface area contributed by atoms with Crippen LogP contribution < -0.4 is 5.32 Å². The van der Waals surface area contributed by atoms with E-state index in [1.807, 2.05) is 0 Å². The van der Waals surface area contributed by atoms with Crippen molar-refractivity contribution < 1.29 is 19.8 Å². The molecule has 1 heterocycles. The van der Waals surface area contributed by atoms with Crippen LogP contribution in [0.5, 0.6) is 0 Å². The lowest BCUT2D eigenvalue weighted by Gasteiger charge is -2.31. The molecular formula is C11H20N2O4. The number of nitrogens with zero attached hydrogens (tertiary/aromatic N) is 1. The molecule has 0 aromatic heterocycles. The average molecular weight is 244 g/mol. The van der Waals surface area contributed by atoms with Gasteiger partial charge in [-0.25, -0.2) is 0 Å². The molecule has 1 unspecified atom stereocenters. The molecular weight excluding hydrogens is 224 g/mol. The first-order chi connectivity index (χ1) is 8.09. The van der Waals surface area contributed by atoms with Crippen molar-refractivity contribution in [3.05, 3.63) is 0 Å². The molecule has 1 aliphatic heterocycles. The summed E-state index contributed by atoms with van der Waals surface area (Å²) < 4.78 is 0. The van der Waals surface area contributed by atoms with Crippen molar-refractivity contribution in [3.63, 3.8) is 0 Å². The van der Waals surface area contributed by atoms with Crippen molar-refractivity contribution >= 4 is 11.9 Å². The van der Waals surface area contributed by atoms with Crippen LogP contribution in [0, 0.1) is 0 Å². The monoisotopic (exact) mass is 244 g/mol. The van der Waals surface area contributed by atoms with E-state index >= 15 is 0 Å². The van der Waals surface area contributed by atoms with Gasteiger partial charge in [0.15, 0.2) is 0 Å². The minimum absolute atomic E-state index is 0.222. The van der Waals surface area contributed by atoms with Crippen molar-refractivity contribution in [2.75, 3.05) is 26.2 Å². The second-order valence-electron chi connectivity index (χ2n) is 4.35. The highest BCUT2D eigenvalue weighted by molar-refractivity contribution is 5.73. The Bertz CT molecular complexity index is 270. The number of piperazine rings is 1. The maximum absolute atomic E-state index is 10.8. The zero-order chi connectivity index (χ0) is 12.7. The van der Waals surface area contributed by atoms with E-state index in [9.17, 15) is 9.59 Å². The van der Waals surface area contributed by atoms with Gasteiger partial charge < -0.3 is 15.5 Å². The maximum Gasteiger partial charge on any atom is 0.322 e. The van der Waals surface area contributed by atoms with E-state index in [0.717, 1.165) is 25.9 Å². The Morgan fingerprint density at radius 3 is 2.65 bits per heavy atom. The summed E-state index contributed by atoms with van der Waals surface area (Å²) in [6, 6.07) is -0.470. The van der Waals surface area contributed by atoms with Crippen LogP contribution in [0.4, 0.5) is 0 Å². The molecule has 0 aliphatic carbocycles. The minimum atomic E-state index is -0.805. The van der Waals surface area contributed by atoms with Crippen molar-refractivity contribution in [3.8, 4) is 0 Å². The molecule has 1 fully saturated rings. The molecule has 1 atom stereocenters. The van der Waals surface area contributed by atoms with E-state index in [1.165, 1.54) is 0 Å². The summed E-state index contributed by atoms with van der Waals surface area (Å²) in [6.45, 7) is 2.95. The first-order valence-corrected chi connectivity index (χ1v) is 6.00. The molecule has 3 N–H and O–H groups in total. The number of nitrogens with one attached hydrogen (secondary N) is 1. The van der Waals surface area contributed by atoms with E-state index in [0.29, 0.717) is 19.5 Å². The van der Waals surface area contributed by atoms with E-state index in [4.69, 9.17) is 10.2 Å². The van der Waals surface area contributed by atoms with Crippen LogP contribution in [0.2, 0.25) is 0 Å². The Kier molecular flexibility index (Phi) is 5.93. The predicted molar refractivity (Wildman–Crippen MR) is 62.0 cm³/mol. The number of carbonyl (C=O) groups is 2. The van der Waals surface area contributed by atoms with Gasteiger partial charge in [0.1, 0.15) is 6.04 Å². The fourth-order valence-electron chi connectivity index (χ4n) is 1.97. The summed E-state index contributed by atoms with van der Waals surface area (Å²) in [5.41, 5.74) is 0. The van der Waals surface area contributed by atoms with Crippen LogP contribution in [0.1, 0.15) is 25.7 Å². The van der Waals surface area contributed by atoms with E-state index in [2.05, 4.69) is 10.2 Å². The summed E-state index contributed by atoms with van der Waals surface area (Å²) in [5.74, 6) is -1.56. The average Bonchev–Trinajstić information content (AvgIpc) is 2.28. The number of unbranched alkanes of at least 4 members (excludes halogenated alkanes) is 2. The van der Waals surface area contributed by atoms with E-state index in [1.54, 1.807) is 0 Å². The van der Waals surface area contributed by atoms with Crippen LogP contribution in [-0.4, -0.2) is 59.3 Å². The first kappa shape index (κ1) is 13.9. The van der Waals surface area contributed by atoms with Crippen molar-refractivity contribution in [2.45, 2.75) is 31.7 Å². The Balaban J connectivity index is 2.10. The van der Waals surface area contributed by atoms with Gasteiger partial charge in [-0.1, -0.05) is 6.42 Å². The van der Waals surface area contributed by atoms with Gasteiger partial charge in [-0.05, 0) is 19.4 Å². The zero-order valence-corrected chi connectivity index (χ0v) is 9.89. The SMILES string of the molecule is O=C(O)CCCCCN1CCNC(C(=O)O)C1. The lowest BCUT2D eigenvalue weighted by Crippen LogP contribution is -2.54. The molecule has 0 radical (unpaired) electrons. The third-order valence-corrected chi connectivity index (χ3v) is 2.92. The van der Waals surface area contributed by atoms with Gasteiger partial charge >= 0.3 is 11.9 Å². The van der Waals surface area contributed by atoms with Gasteiger partial charge in [0, 0.05) is 26.1 Å². The molecule has 6 nitrogen and oxygen atoms in total. The predicted octanol–water partition coefficient (Wildman–Crippen LogP) is -0.0102. The molecule has 0 amide bonds. The second kappa shape index (κ2) is 7.24. The number of carboxylic acids is 2. The highest BCUT2D eigenvalue weighted by Crippen LogP contribution is 2.05. The van der Waals surface area contributed by atoms with Gasteiger partial charge in [-0.3, -0.25) is 14.5 Å². The fourth-order valence-corrected chi connectivity index (χ4v) is 1.97. The highest BCUT2D eigenvalue weighted by atomic mass is 16.4. The lowest BCUT2D eigenvalue weighted by atomic mass is 10.1. The van der Waals surface area contributed by atoms with Crippen molar-refractivity contribution in [2.24, 2.45) is 0 Å². The number of hydrogen-bond acceptors (Lipinski definition) is 4. The number of rotatable bonds is 7. The summed E-state index contributed by atoms with van der Waals surface area (Å²) in [7, 11) is 0. The van der Waals surface area contributed by atoms with Crippen LogP contribution in [-0.2, 0) is 9.59 Å². The topological polar surface area (TPSA) is 89.9 Å². The normalized spacial score (nSPS) is 21.3. The van der Waals surface area contributed by atoms with Crippen LogP contribution in [0.3, 0.4) is 0 Å². The molecule has 0 saturated carbocycles. The molecule has 0 aromatic carbocycles. The first-order valence-electron chi connectivity index (χ1n) is 6.00. The van der Waals surface area contributed by atoms with Crippen LogP contribution >= 0.6 is 0 Å². The molecule has 1 saturated heterocycles. The van der Waals surface area contributed by atoms with E-state index in [-0.39, 0.29) is 6.42 Å². The Labute approximate surface area is 101 Å². The number of aliphatic carboxylic acids is 2. The molecule has 1 rings (SSSR count). The van der Waals surface area contributed by atoms with Crippen LogP contribution in [0.25, 0.3) is 0 Å². The smallest absolute Gasteiger partial charge is 0.322 e. The van der Waals surface area contributed by atoms with Crippen molar-refractivity contribution in [1.82, 2.24) is 10.2 Å². The quantitative estimate of drug-likeness (QED) is 0.546. The third kappa shape index (κ3) is 5.65. The van der Waals surface area contributed by atoms with E-state index < -0.39 is 18.0 Å². The van der Waals surface area contributed by atoms with Crippen molar-refractivity contribution in [1.29, 1.82) is 0 Å². The maximum atomic E-state index is 10.8. The fraction of sp³-hybridized carbons (Fsp3) is 0.818. The molecule has 98 valence electrons. The van der Waals surface area contributed by atoms with Crippen LogP contribution in [0.15, 0.2) is 0 Å². The van der Waals surface area contributed by atoms with Gasteiger partial charge in [-0.2, -0.15) is 0 Å². The summed E-state index contributed by atoms with van der Waals surface area (Å²) in [6.07, 6.45) is 2.73. The summed E-state index contributed by atoms with van der Waals surface area (Å²) in [4.78, 5) is 23.2. The highest BCUT2D eigenvalue weighted by Gasteiger charge is 2.23. The number of carboxylic acid groups (broad SMARTS) is 2. The summed E-state index contributed by atoms with van der Waals surface area (Å²) >= 11 is 0. The zero-order valence-electron chi connectivity index (χ0n) is 9.89. The molecule has 6 heteroatoms. The minimum Gasteiger partial charge on any atom is -0.481 e. The molecule has 0 spiro atoms. The van der Waals surface area contributed by atoms with Gasteiger partial charge in [0.05, 0.1) is 0 Å². The largest absolute Gasteiger partial charge is 0.481 e.